The highest BCUT2D eigenvalue weighted by atomic mass is 32.2. The Bertz CT molecular complexity index is 367. The van der Waals surface area contributed by atoms with Crippen molar-refractivity contribution in [2.45, 2.75) is 19.8 Å². The second-order valence-corrected chi connectivity index (χ2v) is 4.60. The third kappa shape index (κ3) is 6.67. The molecule has 0 fully saturated rings. The second kappa shape index (κ2) is 5.50. The molecule has 0 rings (SSSR count). The van der Waals surface area contributed by atoms with Crippen molar-refractivity contribution in [1.82, 2.24) is 0 Å². The van der Waals surface area contributed by atoms with Crippen LogP contribution in [0.1, 0.15) is 19.8 Å². The minimum absolute atomic E-state index is 0.0307. The highest BCUT2D eigenvalue weighted by Gasteiger charge is 2.17. The van der Waals surface area contributed by atoms with Crippen LogP contribution in [0.5, 0.6) is 0 Å². The molecule has 0 bridgehead atoms. The van der Waals surface area contributed by atoms with Gasteiger partial charge in [-0.3, -0.25) is 4.79 Å². The summed E-state index contributed by atoms with van der Waals surface area (Å²) < 4.78 is 26.2. The number of carboxylic acids is 1. The molecule has 0 radical (unpaired) electrons. The molecule has 0 aliphatic rings. The molecule has 0 atom stereocenters. The van der Waals surface area contributed by atoms with Gasteiger partial charge in [0.2, 0.25) is 0 Å². The van der Waals surface area contributed by atoms with Crippen molar-refractivity contribution in [2.24, 2.45) is 0 Å². The molecule has 15 heavy (non-hydrogen) atoms. The van der Waals surface area contributed by atoms with Crippen molar-refractivity contribution in [3.05, 3.63) is 12.2 Å². The zero-order valence-electron chi connectivity index (χ0n) is 8.23. The summed E-state index contributed by atoms with van der Waals surface area (Å²) in [5, 5.41) is 8.26. The van der Waals surface area contributed by atoms with E-state index in [1.807, 2.05) is 0 Å². The van der Waals surface area contributed by atoms with Crippen molar-refractivity contribution in [2.75, 3.05) is 5.75 Å². The number of carbonyl (C=O) groups is 2. The van der Waals surface area contributed by atoms with Crippen LogP contribution >= 0.6 is 0 Å². The minimum atomic E-state index is -4.00. The Morgan fingerprint density at radius 3 is 2.33 bits per heavy atom. The lowest BCUT2D eigenvalue weighted by atomic mass is 10.3. The van der Waals surface area contributed by atoms with Gasteiger partial charge in [0, 0.05) is 12.0 Å². The lowest BCUT2D eigenvalue weighted by molar-refractivity contribution is -0.137. The van der Waals surface area contributed by atoms with Crippen molar-refractivity contribution >= 4 is 22.1 Å². The van der Waals surface area contributed by atoms with Crippen LogP contribution in [0.25, 0.3) is 0 Å². The summed E-state index contributed by atoms with van der Waals surface area (Å²) in [5.74, 6) is -2.63. The van der Waals surface area contributed by atoms with Gasteiger partial charge in [0.25, 0.3) is 0 Å². The largest absolute Gasteiger partial charge is 0.481 e. The standard InChI is InChI=1S/C8H12O6S/c1-6(2)8(11)14-15(12,13)5-3-4-7(9)10/h1,3-5H2,2H3,(H,9,10). The monoisotopic (exact) mass is 236 g/mol. The van der Waals surface area contributed by atoms with E-state index < -0.39 is 27.8 Å². The first kappa shape index (κ1) is 13.6. The summed E-state index contributed by atoms with van der Waals surface area (Å²) in [6, 6.07) is 0. The van der Waals surface area contributed by atoms with Gasteiger partial charge < -0.3 is 9.29 Å². The van der Waals surface area contributed by atoms with Gasteiger partial charge in [-0.1, -0.05) is 6.58 Å². The maximum atomic E-state index is 11.0. The Hall–Kier alpha value is -1.37. The van der Waals surface area contributed by atoms with Gasteiger partial charge in [-0.2, -0.15) is 8.42 Å². The molecule has 0 saturated heterocycles. The van der Waals surface area contributed by atoms with Crippen molar-refractivity contribution in [3.8, 4) is 0 Å². The summed E-state index contributed by atoms with van der Waals surface area (Å²) in [4.78, 5) is 20.9. The molecule has 0 aromatic carbocycles. The number of carbonyl (C=O) groups excluding carboxylic acids is 1. The average Bonchev–Trinajstić information content (AvgIpc) is 2.01. The van der Waals surface area contributed by atoms with Gasteiger partial charge in [0.1, 0.15) is 0 Å². The molecule has 0 amide bonds. The molecule has 0 spiro atoms. The zero-order chi connectivity index (χ0) is 12.1. The molecular weight excluding hydrogens is 224 g/mol. The van der Waals surface area contributed by atoms with Crippen molar-refractivity contribution < 1.29 is 27.3 Å². The van der Waals surface area contributed by atoms with Crippen LogP contribution in [0, 0.1) is 0 Å². The highest BCUT2D eigenvalue weighted by molar-refractivity contribution is 7.87. The highest BCUT2D eigenvalue weighted by Crippen LogP contribution is 2.03. The first-order valence-electron chi connectivity index (χ1n) is 4.08. The van der Waals surface area contributed by atoms with E-state index in [9.17, 15) is 18.0 Å². The predicted octanol–water partition coefficient (Wildman–Crippen LogP) is 0.300. The summed E-state index contributed by atoms with van der Waals surface area (Å²) >= 11 is 0. The minimum Gasteiger partial charge on any atom is -0.481 e. The Labute approximate surface area is 87.7 Å². The molecule has 0 saturated carbocycles. The van der Waals surface area contributed by atoms with Crippen molar-refractivity contribution in [1.29, 1.82) is 0 Å². The smallest absolute Gasteiger partial charge is 0.348 e. The van der Waals surface area contributed by atoms with Crippen LogP contribution in [0.4, 0.5) is 0 Å². The van der Waals surface area contributed by atoms with E-state index in [0.29, 0.717) is 0 Å². The number of hydrogen-bond donors (Lipinski definition) is 1. The number of aliphatic carboxylic acids is 1. The van der Waals surface area contributed by atoms with E-state index in [1.54, 1.807) is 0 Å². The van der Waals surface area contributed by atoms with Gasteiger partial charge in [-0.25, -0.2) is 4.79 Å². The van der Waals surface area contributed by atoms with Gasteiger partial charge in [0.05, 0.1) is 5.75 Å². The molecule has 1 N–H and O–H groups in total. The Morgan fingerprint density at radius 2 is 1.93 bits per heavy atom. The van der Waals surface area contributed by atoms with Gasteiger partial charge in [-0.05, 0) is 13.3 Å². The molecule has 0 aliphatic heterocycles. The van der Waals surface area contributed by atoms with E-state index in [-0.39, 0.29) is 18.4 Å². The van der Waals surface area contributed by atoms with E-state index >= 15 is 0 Å². The van der Waals surface area contributed by atoms with Crippen LogP contribution in [-0.4, -0.2) is 31.2 Å². The molecule has 6 nitrogen and oxygen atoms in total. The van der Waals surface area contributed by atoms with Crippen LogP contribution < -0.4 is 0 Å². The molecule has 0 aliphatic carbocycles. The molecule has 0 aromatic heterocycles. The molecule has 86 valence electrons. The molecular formula is C8H12O6S. The fourth-order valence-electron chi connectivity index (χ4n) is 0.628. The maximum Gasteiger partial charge on any atom is 0.348 e. The summed E-state index contributed by atoms with van der Waals surface area (Å²) in [6.45, 7) is 4.53. The zero-order valence-corrected chi connectivity index (χ0v) is 9.04. The van der Waals surface area contributed by atoms with E-state index in [0.717, 1.165) is 0 Å². The first-order valence-corrected chi connectivity index (χ1v) is 5.66. The summed E-state index contributed by atoms with van der Waals surface area (Å²) in [5.41, 5.74) is -0.0307. The fourth-order valence-corrected chi connectivity index (χ4v) is 1.58. The third-order valence-corrected chi connectivity index (χ3v) is 2.53. The lowest BCUT2D eigenvalue weighted by Crippen LogP contribution is -2.17. The SMILES string of the molecule is C=C(C)C(=O)OS(=O)(=O)CCCC(=O)O. The molecule has 7 heteroatoms. The normalized spacial score (nSPS) is 10.7. The Balaban J connectivity index is 4.15. The third-order valence-electron chi connectivity index (χ3n) is 1.34. The number of hydrogen-bond acceptors (Lipinski definition) is 5. The van der Waals surface area contributed by atoms with Crippen LogP contribution in [-0.2, 0) is 23.9 Å². The first-order chi connectivity index (χ1) is 6.74. The Morgan fingerprint density at radius 1 is 1.40 bits per heavy atom. The summed E-state index contributed by atoms with van der Waals surface area (Å²) in [6.07, 6.45) is -0.384. The summed E-state index contributed by atoms with van der Waals surface area (Å²) in [7, 11) is -4.00. The van der Waals surface area contributed by atoms with E-state index in [1.165, 1.54) is 6.92 Å². The quantitative estimate of drug-likeness (QED) is 0.526. The van der Waals surface area contributed by atoms with Crippen LogP contribution in [0.15, 0.2) is 12.2 Å². The maximum absolute atomic E-state index is 11.0. The van der Waals surface area contributed by atoms with Gasteiger partial charge >= 0.3 is 22.1 Å². The van der Waals surface area contributed by atoms with Gasteiger partial charge in [0.15, 0.2) is 0 Å². The Kier molecular flexibility index (Phi) is 4.99. The van der Waals surface area contributed by atoms with E-state index in [4.69, 9.17) is 5.11 Å². The van der Waals surface area contributed by atoms with E-state index in [2.05, 4.69) is 10.8 Å². The fraction of sp³-hybridized carbons (Fsp3) is 0.500. The van der Waals surface area contributed by atoms with Crippen LogP contribution in [0.2, 0.25) is 0 Å². The second-order valence-electron chi connectivity index (χ2n) is 2.91. The number of carboxylic acid groups (broad SMARTS) is 1. The topological polar surface area (TPSA) is 97.7 Å². The van der Waals surface area contributed by atoms with Crippen molar-refractivity contribution in [3.63, 3.8) is 0 Å². The predicted molar refractivity (Wildman–Crippen MR) is 51.6 cm³/mol. The molecule has 0 unspecified atom stereocenters. The molecule has 0 heterocycles. The van der Waals surface area contributed by atoms with Crippen LogP contribution in [0.3, 0.4) is 0 Å². The average molecular weight is 236 g/mol. The molecule has 0 aromatic rings. The number of rotatable bonds is 6. The lowest BCUT2D eigenvalue weighted by Gasteiger charge is -2.03. The van der Waals surface area contributed by atoms with Gasteiger partial charge in [-0.15, -0.1) is 0 Å².